The second-order valence-corrected chi connectivity index (χ2v) is 5.98. The van der Waals surface area contributed by atoms with E-state index in [4.69, 9.17) is 0 Å². The van der Waals surface area contributed by atoms with Crippen LogP contribution >= 0.6 is 0 Å². The van der Waals surface area contributed by atoms with Crippen molar-refractivity contribution in [2.24, 2.45) is 16.7 Å². The molecule has 1 atom stereocenters. The molecule has 0 saturated heterocycles. The van der Waals surface area contributed by atoms with E-state index in [0.29, 0.717) is 0 Å². The van der Waals surface area contributed by atoms with Crippen LogP contribution in [0, 0.1) is 16.7 Å². The minimum atomic E-state index is 0.745. The van der Waals surface area contributed by atoms with E-state index in [1.54, 1.807) is 0 Å². The van der Waals surface area contributed by atoms with Gasteiger partial charge in [-0.05, 0) is 55.3 Å². The van der Waals surface area contributed by atoms with Crippen molar-refractivity contribution >= 4 is 0 Å². The van der Waals surface area contributed by atoms with Gasteiger partial charge in [-0.3, -0.25) is 0 Å². The molecular weight excluding hydrogens is 156 g/mol. The Balaban J connectivity index is 2.11. The summed E-state index contributed by atoms with van der Waals surface area (Å²) in [6.45, 7) is 7.35. The third-order valence-electron chi connectivity index (χ3n) is 5.34. The van der Waals surface area contributed by atoms with Gasteiger partial charge in [0.15, 0.2) is 0 Å². The lowest BCUT2D eigenvalue weighted by Gasteiger charge is -2.55. The molecule has 3 aliphatic rings. The first-order valence-electron chi connectivity index (χ1n) is 6.10. The fourth-order valence-electron chi connectivity index (χ4n) is 3.57. The molecule has 0 heteroatoms. The second-order valence-electron chi connectivity index (χ2n) is 5.98. The van der Waals surface area contributed by atoms with E-state index >= 15 is 0 Å². The lowest BCUT2D eigenvalue weighted by atomic mass is 9.51. The zero-order valence-corrected chi connectivity index (χ0v) is 9.53. The van der Waals surface area contributed by atoms with Crippen LogP contribution in [0.1, 0.15) is 65.7 Å². The molecule has 0 aromatic heterocycles. The van der Waals surface area contributed by atoms with Gasteiger partial charge in [0.05, 0.1) is 0 Å². The molecule has 13 heavy (non-hydrogen) atoms. The van der Waals surface area contributed by atoms with Crippen molar-refractivity contribution in [3.05, 3.63) is 0 Å². The number of hydrogen-bond acceptors (Lipinski definition) is 0. The summed E-state index contributed by atoms with van der Waals surface area (Å²) in [5.74, 6) is 0.970. The van der Waals surface area contributed by atoms with Gasteiger partial charge in [-0.1, -0.05) is 27.2 Å². The Morgan fingerprint density at radius 1 is 1.00 bits per heavy atom. The van der Waals surface area contributed by atoms with E-state index in [-0.39, 0.29) is 0 Å². The second kappa shape index (κ2) is 3.00. The SMILES string of the molecule is CCC(C)C12CCC(C)(CC1)CC2. The molecule has 0 aliphatic heterocycles. The largest absolute Gasteiger partial charge is 0.0651 e. The van der Waals surface area contributed by atoms with Gasteiger partial charge < -0.3 is 0 Å². The van der Waals surface area contributed by atoms with Crippen LogP contribution in [0.4, 0.5) is 0 Å². The van der Waals surface area contributed by atoms with Gasteiger partial charge in [-0.25, -0.2) is 0 Å². The minimum absolute atomic E-state index is 0.745. The fourth-order valence-corrected chi connectivity index (χ4v) is 3.57. The lowest BCUT2D eigenvalue weighted by molar-refractivity contribution is -0.0344. The van der Waals surface area contributed by atoms with Gasteiger partial charge >= 0.3 is 0 Å². The lowest BCUT2D eigenvalue weighted by Crippen LogP contribution is -2.43. The van der Waals surface area contributed by atoms with Crippen LogP contribution in [-0.4, -0.2) is 0 Å². The maximum absolute atomic E-state index is 2.51. The van der Waals surface area contributed by atoms with Crippen LogP contribution in [0.3, 0.4) is 0 Å². The van der Waals surface area contributed by atoms with E-state index in [0.717, 1.165) is 16.7 Å². The summed E-state index contributed by atoms with van der Waals surface area (Å²) in [5, 5.41) is 0. The van der Waals surface area contributed by atoms with Crippen LogP contribution in [0.5, 0.6) is 0 Å². The van der Waals surface area contributed by atoms with E-state index in [1.165, 1.54) is 44.9 Å². The van der Waals surface area contributed by atoms with E-state index < -0.39 is 0 Å². The van der Waals surface area contributed by atoms with Gasteiger partial charge in [0, 0.05) is 0 Å². The van der Waals surface area contributed by atoms with Gasteiger partial charge in [0.2, 0.25) is 0 Å². The summed E-state index contributed by atoms with van der Waals surface area (Å²) in [4.78, 5) is 0. The van der Waals surface area contributed by atoms with Crippen LogP contribution in [0.25, 0.3) is 0 Å². The van der Waals surface area contributed by atoms with Crippen molar-refractivity contribution in [3.63, 3.8) is 0 Å². The highest BCUT2D eigenvalue weighted by Gasteiger charge is 2.47. The van der Waals surface area contributed by atoms with Crippen LogP contribution in [0.2, 0.25) is 0 Å². The molecule has 3 rings (SSSR count). The van der Waals surface area contributed by atoms with Crippen LogP contribution < -0.4 is 0 Å². The van der Waals surface area contributed by atoms with Crippen molar-refractivity contribution in [2.75, 3.05) is 0 Å². The quantitative estimate of drug-likeness (QED) is 0.591. The van der Waals surface area contributed by atoms with Crippen molar-refractivity contribution in [2.45, 2.75) is 65.7 Å². The Bertz CT molecular complexity index is 168. The summed E-state index contributed by atoms with van der Waals surface area (Å²) in [5.41, 5.74) is 1.52. The van der Waals surface area contributed by atoms with Crippen LogP contribution in [-0.2, 0) is 0 Å². The molecule has 0 heterocycles. The van der Waals surface area contributed by atoms with Gasteiger partial charge in [-0.2, -0.15) is 0 Å². The highest BCUT2D eigenvalue weighted by molar-refractivity contribution is 4.99. The molecule has 1 unspecified atom stereocenters. The molecule has 3 aliphatic carbocycles. The maximum atomic E-state index is 2.51. The zero-order valence-electron chi connectivity index (χ0n) is 9.53. The van der Waals surface area contributed by atoms with E-state index in [9.17, 15) is 0 Å². The summed E-state index contributed by atoms with van der Waals surface area (Å²) < 4.78 is 0. The van der Waals surface area contributed by atoms with E-state index in [2.05, 4.69) is 20.8 Å². The minimum Gasteiger partial charge on any atom is -0.0651 e. The first kappa shape index (κ1) is 9.55. The maximum Gasteiger partial charge on any atom is -0.0271 e. The molecule has 0 aromatic carbocycles. The highest BCUT2D eigenvalue weighted by atomic mass is 14.5. The first-order chi connectivity index (χ1) is 6.10. The number of hydrogen-bond donors (Lipinski definition) is 0. The molecule has 0 amide bonds. The topological polar surface area (TPSA) is 0 Å². The predicted molar refractivity (Wildman–Crippen MR) is 57.7 cm³/mol. The average Bonchev–Trinajstić information content (AvgIpc) is 2.18. The Morgan fingerprint density at radius 3 is 1.85 bits per heavy atom. The molecule has 76 valence electrons. The van der Waals surface area contributed by atoms with Crippen molar-refractivity contribution in [3.8, 4) is 0 Å². The molecule has 0 nitrogen and oxygen atoms in total. The molecular formula is C13H24. The molecule has 3 saturated carbocycles. The summed E-state index contributed by atoms with van der Waals surface area (Å²) in [7, 11) is 0. The predicted octanol–water partition coefficient (Wildman–Crippen LogP) is 4.39. The Labute approximate surface area is 83.1 Å². The van der Waals surface area contributed by atoms with Gasteiger partial charge in [-0.15, -0.1) is 0 Å². The molecule has 0 spiro atoms. The third-order valence-corrected chi connectivity index (χ3v) is 5.34. The molecule has 3 fully saturated rings. The van der Waals surface area contributed by atoms with Crippen molar-refractivity contribution in [1.29, 1.82) is 0 Å². The van der Waals surface area contributed by atoms with E-state index in [1.807, 2.05) is 0 Å². The molecule has 0 aromatic rings. The zero-order chi connectivity index (χ0) is 9.53. The normalized spacial score (nSPS) is 46.4. The Kier molecular flexibility index (Phi) is 2.20. The smallest absolute Gasteiger partial charge is 0.0271 e. The van der Waals surface area contributed by atoms with Crippen LogP contribution in [0.15, 0.2) is 0 Å². The Hall–Kier alpha value is 0. The first-order valence-corrected chi connectivity index (χ1v) is 6.10. The Morgan fingerprint density at radius 2 is 1.46 bits per heavy atom. The van der Waals surface area contributed by atoms with Crippen molar-refractivity contribution < 1.29 is 0 Å². The number of rotatable bonds is 2. The molecule has 0 radical (unpaired) electrons. The summed E-state index contributed by atoms with van der Waals surface area (Å²) in [6.07, 6.45) is 10.5. The highest BCUT2D eigenvalue weighted by Crippen LogP contribution is 2.59. The van der Waals surface area contributed by atoms with Crippen molar-refractivity contribution in [1.82, 2.24) is 0 Å². The number of fused-ring (bicyclic) bond motifs is 3. The monoisotopic (exact) mass is 180 g/mol. The molecule has 0 N–H and O–H groups in total. The summed E-state index contributed by atoms with van der Waals surface area (Å²) >= 11 is 0. The van der Waals surface area contributed by atoms with Gasteiger partial charge in [0.25, 0.3) is 0 Å². The standard InChI is InChI=1S/C13H24/c1-4-11(2)13-8-5-12(3,6-9-13)7-10-13/h11H,4-10H2,1-3H3. The third kappa shape index (κ3) is 1.43. The van der Waals surface area contributed by atoms with Gasteiger partial charge in [0.1, 0.15) is 0 Å². The summed E-state index contributed by atoms with van der Waals surface area (Å²) in [6, 6.07) is 0. The average molecular weight is 180 g/mol. The fraction of sp³-hybridized carbons (Fsp3) is 1.00. The molecule has 2 bridgehead atoms.